The standard InChI is InChI=1S/C19H13ClFN3O/c1-11-18(13-2-6-14(20)7-3-13)19-22-16(10-17(25)24(19)23-11)12-4-8-15(21)9-5-12/h2-10,23H,1H3. The Bertz CT molecular complexity index is 1130. The van der Waals surface area contributed by atoms with E-state index in [0.29, 0.717) is 21.9 Å². The first-order valence-electron chi connectivity index (χ1n) is 7.67. The lowest BCUT2D eigenvalue weighted by atomic mass is 10.1. The number of H-pyrrole nitrogens is 1. The van der Waals surface area contributed by atoms with E-state index in [-0.39, 0.29) is 11.4 Å². The maximum atomic E-state index is 13.2. The first kappa shape index (κ1) is 15.6. The van der Waals surface area contributed by atoms with Crippen molar-refractivity contribution >= 4 is 17.2 Å². The Balaban J connectivity index is 1.98. The highest BCUT2D eigenvalue weighted by Gasteiger charge is 2.15. The van der Waals surface area contributed by atoms with E-state index in [2.05, 4.69) is 10.1 Å². The Morgan fingerprint density at radius 1 is 1.04 bits per heavy atom. The number of hydrogen-bond acceptors (Lipinski definition) is 2. The molecule has 0 radical (unpaired) electrons. The van der Waals surface area contributed by atoms with Gasteiger partial charge in [-0.2, -0.15) is 0 Å². The molecular formula is C19H13ClFN3O. The number of fused-ring (bicyclic) bond motifs is 1. The van der Waals surface area contributed by atoms with Crippen molar-refractivity contribution < 1.29 is 4.39 Å². The van der Waals surface area contributed by atoms with Gasteiger partial charge >= 0.3 is 0 Å². The molecule has 2 aromatic heterocycles. The highest BCUT2D eigenvalue weighted by molar-refractivity contribution is 6.30. The summed E-state index contributed by atoms with van der Waals surface area (Å²) in [7, 11) is 0. The zero-order valence-electron chi connectivity index (χ0n) is 13.3. The Kier molecular flexibility index (Phi) is 3.66. The minimum absolute atomic E-state index is 0.229. The SMILES string of the molecule is Cc1[nH]n2c(=O)cc(-c3ccc(F)cc3)nc2c1-c1ccc(Cl)cc1. The van der Waals surface area contributed by atoms with Crippen molar-refractivity contribution in [3.63, 3.8) is 0 Å². The van der Waals surface area contributed by atoms with Crippen LogP contribution in [0.4, 0.5) is 4.39 Å². The molecule has 0 spiro atoms. The number of aryl methyl sites for hydroxylation is 1. The van der Waals surface area contributed by atoms with Crippen molar-refractivity contribution in [1.82, 2.24) is 14.6 Å². The zero-order chi connectivity index (χ0) is 17.6. The van der Waals surface area contributed by atoms with E-state index in [0.717, 1.165) is 16.8 Å². The monoisotopic (exact) mass is 353 g/mol. The van der Waals surface area contributed by atoms with Gasteiger partial charge < -0.3 is 0 Å². The molecule has 0 saturated heterocycles. The number of hydrogen-bond donors (Lipinski definition) is 1. The van der Waals surface area contributed by atoms with Crippen molar-refractivity contribution in [1.29, 1.82) is 0 Å². The van der Waals surface area contributed by atoms with Crippen LogP contribution < -0.4 is 5.56 Å². The van der Waals surface area contributed by atoms with E-state index in [9.17, 15) is 9.18 Å². The summed E-state index contributed by atoms with van der Waals surface area (Å²) in [6.07, 6.45) is 0. The molecule has 6 heteroatoms. The Labute approximate surface area is 147 Å². The van der Waals surface area contributed by atoms with Gasteiger partial charge in [0.2, 0.25) is 0 Å². The smallest absolute Gasteiger partial charge is 0.273 e. The Morgan fingerprint density at radius 3 is 2.36 bits per heavy atom. The van der Waals surface area contributed by atoms with E-state index < -0.39 is 0 Å². The molecule has 0 aliphatic carbocycles. The van der Waals surface area contributed by atoms with E-state index in [1.54, 1.807) is 24.3 Å². The van der Waals surface area contributed by atoms with Crippen molar-refractivity contribution in [2.45, 2.75) is 6.92 Å². The van der Waals surface area contributed by atoms with Crippen molar-refractivity contribution in [3.05, 3.63) is 81.5 Å². The molecule has 0 fully saturated rings. The van der Waals surface area contributed by atoms with Crippen molar-refractivity contribution in [2.75, 3.05) is 0 Å². The second-order valence-electron chi connectivity index (χ2n) is 5.76. The third-order valence-corrected chi connectivity index (χ3v) is 4.32. The van der Waals surface area contributed by atoms with Crippen LogP contribution in [0, 0.1) is 12.7 Å². The molecular weight excluding hydrogens is 341 g/mol. The minimum Gasteiger partial charge on any atom is -0.293 e. The third kappa shape index (κ3) is 2.72. The number of nitrogens with one attached hydrogen (secondary N) is 1. The van der Waals surface area contributed by atoms with Gasteiger partial charge in [0.25, 0.3) is 5.56 Å². The molecule has 0 bridgehead atoms. The second kappa shape index (κ2) is 5.86. The molecule has 4 rings (SSSR count). The maximum Gasteiger partial charge on any atom is 0.273 e. The average molecular weight is 354 g/mol. The fourth-order valence-electron chi connectivity index (χ4n) is 2.88. The van der Waals surface area contributed by atoms with Crippen LogP contribution in [-0.4, -0.2) is 14.6 Å². The quantitative estimate of drug-likeness (QED) is 0.578. The molecule has 2 heterocycles. The van der Waals surface area contributed by atoms with Gasteiger partial charge in [-0.15, -0.1) is 0 Å². The number of benzene rings is 2. The highest BCUT2D eigenvalue weighted by Crippen LogP contribution is 2.28. The molecule has 4 nitrogen and oxygen atoms in total. The van der Waals surface area contributed by atoms with Crippen LogP contribution in [0.25, 0.3) is 28.0 Å². The number of rotatable bonds is 2. The molecule has 0 unspecified atom stereocenters. The van der Waals surface area contributed by atoms with Crippen LogP contribution in [0.3, 0.4) is 0 Å². The van der Waals surface area contributed by atoms with Crippen LogP contribution in [0.2, 0.25) is 5.02 Å². The molecule has 0 aliphatic rings. The normalized spacial score (nSPS) is 11.2. The van der Waals surface area contributed by atoms with Gasteiger partial charge in [-0.1, -0.05) is 23.7 Å². The lowest BCUT2D eigenvalue weighted by molar-refractivity contribution is 0.628. The van der Waals surface area contributed by atoms with Gasteiger partial charge in [-0.05, 0) is 48.9 Å². The van der Waals surface area contributed by atoms with Gasteiger partial charge in [0.05, 0.1) is 5.69 Å². The van der Waals surface area contributed by atoms with Crippen LogP contribution in [0.15, 0.2) is 59.4 Å². The molecule has 124 valence electrons. The maximum absolute atomic E-state index is 13.2. The third-order valence-electron chi connectivity index (χ3n) is 4.07. The number of aromatic nitrogens is 3. The van der Waals surface area contributed by atoms with Gasteiger partial charge in [0.1, 0.15) is 5.82 Å². The van der Waals surface area contributed by atoms with Crippen LogP contribution >= 0.6 is 11.6 Å². The van der Waals surface area contributed by atoms with E-state index >= 15 is 0 Å². The summed E-state index contributed by atoms with van der Waals surface area (Å²) in [5, 5.41) is 3.68. The van der Waals surface area contributed by atoms with Crippen LogP contribution in [0.5, 0.6) is 0 Å². The number of nitrogens with zero attached hydrogens (tertiary/aromatic N) is 2. The van der Waals surface area contributed by atoms with Crippen LogP contribution in [-0.2, 0) is 0 Å². The molecule has 1 N–H and O–H groups in total. The summed E-state index contributed by atoms with van der Waals surface area (Å²) in [6.45, 7) is 1.88. The summed E-state index contributed by atoms with van der Waals surface area (Å²) in [6, 6.07) is 14.7. The fraction of sp³-hybridized carbons (Fsp3) is 0.0526. The van der Waals surface area contributed by atoms with Gasteiger partial charge in [0, 0.05) is 27.9 Å². The Morgan fingerprint density at radius 2 is 1.68 bits per heavy atom. The van der Waals surface area contributed by atoms with Crippen molar-refractivity contribution in [2.24, 2.45) is 0 Å². The topological polar surface area (TPSA) is 50.2 Å². The van der Waals surface area contributed by atoms with E-state index in [1.807, 2.05) is 19.1 Å². The van der Waals surface area contributed by atoms with Crippen LogP contribution in [0.1, 0.15) is 5.69 Å². The predicted octanol–water partition coefficient (Wildman–Crippen LogP) is 4.46. The van der Waals surface area contributed by atoms with E-state index in [4.69, 9.17) is 11.6 Å². The largest absolute Gasteiger partial charge is 0.293 e. The van der Waals surface area contributed by atoms with Crippen molar-refractivity contribution in [3.8, 4) is 22.4 Å². The molecule has 0 amide bonds. The number of halogens is 2. The lowest BCUT2D eigenvalue weighted by Gasteiger charge is -2.04. The van der Waals surface area contributed by atoms with Gasteiger partial charge in [-0.3, -0.25) is 9.89 Å². The molecule has 0 saturated carbocycles. The average Bonchev–Trinajstić information content (AvgIpc) is 2.93. The predicted molar refractivity (Wildman–Crippen MR) is 96.4 cm³/mol. The second-order valence-corrected chi connectivity index (χ2v) is 6.20. The Hall–Kier alpha value is -2.92. The first-order chi connectivity index (χ1) is 12.0. The molecule has 4 aromatic rings. The highest BCUT2D eigenvalue weighted by atomic mass is 35.5. The first-order valence-corrected chi connectivity index (χ1v) is 8.05. The van der Waals surface area contributed by atoms with Gasteiger partial charge in [-0.25, -0.2) is 13.9 Å². The summed E-state index contributed by atoms with van der Waals surface area (Å²) in [5.74, 6) is -0.333. The van der Waals surface area contributed by atoms with E-state index in [1.165, 1.54) is 22.7 Å². The zero-order valence-corrected chi connectivity index (χ0v) is 14.0. The summed E-state index contributed by atoms with van der Waals surface area (Å²) in [5.41, 5.74) is 4.03. The molecule has 25 heavy (non-hydrogen) atoms. The fourth-order valence-corrected chi connectivity index (χ4v) is 3.01. The summed E-state index contributed by atoms with van der Waals surface area (Å²) < 4.78 is 14.6. The summed E-state index contributed by atoms with van der Waals surface area (Å²) >= 11 is 5.97. The molecule has 0 atom stereocenters. The molecule has 0 aliphatic heterocycles. The lowest BCUT2D eigenvalue weighted by Crippen LogP contribution is -2.14. The van der Waals surface area contributed by atoms with Gasteiger partial charge in [0.15, 0.2) is 5.65 Å². The minimum atomic E-state index is -0.333. The summed E-state index contributed by atoms with van der Waals surface area (Å²) in [4.78, 5) is 17.1. The number of aromatic amines is 1. The molecule has 2 aromatic carbocycles.